The highest BCUT2D eigenvalue weighted by Crippen LogP contribution is 2.40. The van der Waals surface area contributed by atoms with Crippen molar-refractivity contribution in [1.82, 2.24) is 0 Å². The van der Waals surface area contributed by atoms with Crippen molar-refractivity contribution in [1.29, 1.82) is 0 Å². The number of nitrogens with one attached hydrogen (secondary N) is 2. The fourth-order valence-electron chi connectivity index (χ4n) is 5.14. The van der Waals surface area contributed by atoms with Gasteiger partial charge in [0.25, 0.3) is 0 Å². The number of para-hydroxylation sites is 2. The molecule has 1 aliphatic heterocycles. The first-order valence-corrected chi connectivity index (χ1v) is 13.8. The topological polar surface area (TPSA) is 95.1 Å². The first kappa shape index (κ1) is 29.3. The molecular formula is C35H34N2O6. The lowest BCUT2D eigenvalue weighted by molar-refractivity contribution is 0.0600. The van der Waals surface area contributed by atoms with Crippen molar-refractivity contribution >= 4 is 28.9 Å². The lowest BCUT2D eigenvalue weighted by Gasteiger charge is -2.33. The molecule has 0 fully saturated rings. The number of fused-ring (bicyclic) bond motifs is 1. The van der Waals surface area contributed by atoms with Crippen LogP contribution in [0.25, 0.3) is 16.7 Å². The number of carbonyl (C=O) groups excluding carboxylic acids is 2. The van der Waals surface area contributed by atoms with Crippen LogP contribution in [0.5, 0.6) is 17.2 Å². The van der Waals surface area contributed by atoms with Gasteiger partial charge < -0.3 is 29.6 Å². The molecule has 4 aromatic carbocycles. The number of esters is 2. The zero-order valence-corrected chi connectivity index (χ0v) is 24.8. The van der Waals surface area contributed by atoms with Gasteiger partial charge in [0.15, 0.2) is 0 Å². The summed E-state index contributed by atoms with van der Waals surface area (Å²) >= 11 is 0. The van der Waals surface area contributed by atoms with E-state index in [1.807, 2.05) is 36.4 Å². The molecule has 43 heavy (non-hydrogen) atoms. The molecule has 5 rings (SSSR count). The van der Waals surface area contributed by atoms with Crippen molar-refractivity contribution in [3.63, 3.8) is 0 Å². The summed E-state index contributed by atoms with van der Waals surface area (Å²) in [6, 6.07) is 25.6. The first-order chi connectivity index (χ1) is 20.7. The molecule has 0 radical (unpaired) electrons. The van der Waals surface area contributed by atoms with Gasteiger partial charge in [-0.3, -0.25) is 0 Å². The lowest BCUT2D eigenvalue weighted by atomic mass is 9.88. The number of ether oxygens (including phenoxy) is 4. The highest BCUT2D eigenvalue weighted by molar-refractivity contribution is 5.96. The van der Waals surface area contributed by atoms with Crippen LogP contribution >= 0.6 is 0 Å². The summed E-state index contributed by atoms with van der Waals surface area (Å²) in [5.74, 6) is 0.526. The molecule has 0 saturated carbocycles. The molecule has 0 spiro atoms. The van der Waals surface area contributed by atoms with Gasteiger partial charge in [-0.2, -0.15) is 0 Å². The minimum absolute atomic E-state index is 0.230. The van der Waals surface area contributed by atoms with Crippen LogP contribution in [0.2, 0.25) is 0 Å². The highest BCUT2D eigenvalue weighted by Gasteiger charge is 2.25. The van der Waals surface area contributed by atoms with E-state index in [-0.39, 0.29) is 16.7 Å². The molecule has 0 bridgehead atoms. The minimum Gasteiger partial charge on any atom is -0.496 e. The van der Waals surface area contributed by atoms with E-state index in [4.69, 9.17) is 18.9 Å². The summed E-state index contributed by atoms with van der Waals surface area (Å²) in [5, 5.41) is 7.14. The van der Waals surface area contributed by atoms with E-state index in [0.717, 1.165) is 39.4 Å². The van der Waals surface area contributed by atoms with Gasteiger partial charge in [0, 0.05) is 29.4 Å². The van der Waals surface area contributed by atoms with Crippen molar-refractivity contribution < 1.29 is 28.5 Å². The first-order valence-electron chi connectivity index (χ1n) is 13.8. The molecule has 0 saturated heterocycles. The molecule has 0 atom stereocenters. The molecule has 8 nitrogen and oxygen atoms in total. The summed E-state index contributed by atoms with van der Waals surface area (Å²) < 4.78 is 21.6. The molecule has 0 aromatic heterocycles. The Morgan fingerprint density at radius 1 is 0.767 bits per heavy atom. The third-order valence-electron chi connectivity index (χ3n) is 7.15. The van der Waals surface area contributed by atoms with Crippen LogP contribution in [0.4, 0.5) is 11.4 Å². The Bertz CT molecular complexity index is 1710. The quantitative estimate of drug-likeness (QED) is 0.161. The standard InChI is InChI=1S/C35H34N2O6/c1-35(2)20-25(21-36-30-11-6-7-12-31(30)40-3)28-18-22(13-16-29(28)37-35)27-15-14-26(19-32(27)41-4)43-34(39)24-10-8-9-23(17-24)33(38)42-5/h6-20,36-37H,21H2,1-5H3. The van der Waals surface area contributed by atoms with Crippen LogP contribution in [0, 0.1) is 0 Å². The van der Waals surface area contributed by atoms with E-state index in [0.29, 0.717) is 18.0 Å². The Morgan fingerprint density at radius 3 is 2.26 bits per heavy atom. The van der Waals surface area contributed by atoms with Crippen molar-refractivity contribution in [2.75, 3.05) is 38.5 Å². The molecule has 1 aliphatic rings. The largest absolute Gasteiger partial charge is 0.496 e. The van der Waals surface area contributed by atoms with E-state index in [1.54, 1.807) is 44.6 Å². The van der Waals surface area contributed by atoms with E-state index in [2.05, 4.69) is 42.7 Å². The van der Waals surface area contributed by atoms with E-state index in [1.165, 1.54) is 13.2 Å². The number of hydrogen-bond acceptors (Lipinski definition) is 8. The van der Waals surface area contributed by atoms with Crippen molar-refractivity contribution in [3.8, 4) is 28.4 Å². The molecule has 8 heteroatoms. The number of anilines is 2. The molecule has 0 amide bonds. The number of hydrogen-bond donors (Lipinski definition) is 2. The second-order valence-electron chi connectivity index (χ2n) is 10.7. The Hall–Kier alpha value is -5.24. The van der Waals surface area contributed by atoms with Gasteiger partial charge in [0.1, 0.15) is 17.2 Å². The zero-order chi connectivity index (χ0) is 30.6. The Kier molecular flexibility index (Phi) is 8.39. The normalized spacial score (nSPS) is 13.1. The Morgan fingerprint density at radius 2 is 1.51 bits per heavy atom. The van der Waals surface area contributed by atoms with E-state index >= 15 is 0 Å². The van der Waals surface area contributed by atoms with Gasteiger partial charge in [-0.15, -0.1) is 0 Å². The summed E-state index contributed by atoms with van der Waals surface area (Å²) in [4.78, 5) is 24.7. The minimum atomic E-state index is -0.597. The molecule has 1 heterocycles. The van der Waals surface area contributed by atoms with Crippen LogP contribution in [0.1, 0.15) is 40.1 Å². The lowest BCUT2D eigenvalue weighted by Crippen LogP contribution is -2.32. The van der Waals surface area contributed by atoms with Crippen molar-refractivity contribution in [2.45, 2.75) is 19.4 Å². The number of rotatable bonds is 9. The molecule has 0 unspecified atom stereocenters. The molecule has 220 valence electrons. The number of carbonyl (C=O) groups is 2. The van der Waals surface area contributed by atoms with Gasteiger partial charge in [-0.1, -0.05) is 30.3 Å². The third kappa shape index (κ3) is 6.48. The van der Waals surface area contributed by atoms with E-state index < -0.39 is 11.9 Å². The zero-order valence-electron chi connectivity index (χ0n) is 24.8. The van der Waals surface area contributed by atoms with Crippen LogP contribution in [0.3, 0.4) is 0 Å². The fourth-order valence-corrected chi connectivity index (χ4v) is 5.14. The monoisotopic (exact) mass is 578 g/mol. The molecular weight excluding hydrogens is 544 g/mol. The second kappa shape index (κ2) is 12.3. The average molecular weight is 579 g/mol. The summed E-state index contributed by atoms with van der Waals surface area (Å²) in [5.41, 5.74) is 6.23. The fraction of sp³-hybridized carbons (Fsp3) is 0.200. The van der Waals surface area contributed by atoms with Crippen LogP contribution in [0.15, 0.2) is 91.0 Å². The van der Waals surface area contributed by atoms with Crippen molar-refractivity contribution in [3.05, 3.63) is 108 Å². The average Bonchev–Trinajstić information content (AvgIpc) is 3.02. The molecule has 0 aliphatic carbocycles. The number of methoxy groups -OCH3 is 3. The summed E-state index contributed by atoms with van der Waals surface area (Å²) in [7, 11) is 4.53. The Balaban J connectivity index is 1.41. The maximum Gasteiger partial charge on any atom is 0.343 e. The predicted molar refractivity (Wildman–Crippen MR) is 168 cm³/mol. The van der Waals surface area contributed by atoms with Gasteiger partial charge in [0.05, 0.1) is 43.7 Å². The number of benzene rings is 4. The molecule has 2 N–H and O–H groups in total. The second-order valence-corrected chi connectivity index (χ2v) is 10.7. The van der Waals surface area contributed by atoms with E-state index in [9.17, 15) is 9.59 Å². The predicted octanol–water partition coefficient (Wildman–Crippen LogP) is 7.08. The van der Waals surface area contributed by atoms with Gasteiger partial charge >= 0.3 is 11.9 Å². The highest BCUT2D eigenvalue weighted by atomic mass is 16.5. The maximum atomic E-state index is 12.8. The Labute approximate surface area is 251 Å². The summed E-state index contributed by atoms with van der Waals surface area (Å²) in [6.07, 6.45) is 2.23. The van der Waals surface area contributed by atoms with Gasteiger partial charge in [-0.05, 0) is 79.6 Å². The van der Waals surface area contributed by atoms with Crippen LogP contribution in [-0.2, 0) is 4.74 Å². The van der Waals surface area contributed by atoms with Crippen LogP contribution < -0.4 is 24.8 Å². The smallest absolute Gasteiger partial charge is 0.343 e. The van der Waals surface area contributed by atoms with Crippen LogP contribution in [-0.4, -0.2) is 45.4 Å². The SMILES string of the molecule is COC(=O)c1cccc(C(=O)Oc2ccc(-c3ccc4c(c3)C(CNc3ccccc3OC)=CC(C)(C)N4)c(OC)c2)c1. The van der Waals surface area contributed by atoms with Gasteiger partial charge in [-0.25, -0.2) is 9.59 Å². The molecule has 4 aromatic rings. The van der Waals surface area contributed by atoms with Gasteiger partial charge in [0.2, 0.25) is 0 Å². The third-order valence-corrected chi connectivity index (χ3v) is 7.15. The van der Waals surface area contributed by atoms with Crippen molar-refractivity contribution in [2.24, 2.45) is 0 Å². The maximum absolute atomic E-state index is 12.8. The summed E-state index contributed by atoms with van der Waals surface area (Å²) in [6.45, 7) is 4.88.